The summed E-state index contributed by atoms with van der Waals surface area (Å²) in [5.74, 6) is -1.44. The summed E-state index contributed by atoms with van der Waals surface area (Å²) in [6.45, 7) is 1.18. The minimum Gasteiger partial charge on any atom is -0.482 e. The molecule has 11 nitrogen and oxygen atoms in total. The normalized spacial score (nSPS) is 17.1. The number of rotatable bonds is 6. The molecule has 0 radical (unpaired) electrons. The number of hydrogen-bond donors (Lipinski definition) is 0. The molecule has 196 valence electrons. The van der Waals surface area contributed by atoms with Crippen molar-refractivity contribution in [1.29, 1.82) is 0 Å². The predicted octanol–water partition coefficient (Wildman–Crippen LogP) is 3.62. The topological polar surface area (TPSA) is 140 Å². The van der Waals surface area contributed by atoms with Crippen molar-refractivity contribution < 1.29 is 28.7 Å². The molecule has 0 N–H and O–H groups in total. The van der Waals surface area contributed by atoms with Gasteiger partial charge in [0.2, 0.25) is 5.60 Å². The molecule has 4 heterocycles. The van der Waals surface area contributed by atoms with Gasteiger partial charge < -0.3 is 18.8 Å². The van der Waals surface area contributed by atoms with Crippen LogP contribution in [0.4, 0.5) is 5.69 Å². The van der Waals surface area contributed by atoms with Crippen LogP contribution in [0.25, 0.3) is 22.3 Å². The maximum Gasteiger partial charge on any atom is 0.355 e. The first kappa shape index (κ1) is 24.3. The summed E-state index contributed by atoms with van der Waals surface area (Å²) < 4.78 is 18.1. The number of carbonyl (C=O) groups is 2. The number of nitro groups is 1. The maximum atomic E-state index is 13.6. The van der Waals surface area contributed by atoms with E-state index in [-0.39, 0.29) is 41.2 Å². The molecule has 0 saturated heterocycles. The van der Waals surface area contributed by atoms with Gasteiger partial charge >= 0.3 is 11.9 Å². The molecule has 2 aliphatic rings. The fourth-order valence-corrected chi connectivity index (χ4v) is 5.11. The number of pyridine rings is 2. The summed E-state index contributed by atoms with van der Waals surface area (Å²) in [7, 11) is 0. The molecule has 0 fully saturated rings. The van der Waals surface area contributed by atoms with Gasteiger partial charge in [-0.15, -0.1) is 0 Å². The van der Waals surface area contributed by atoms with Gasteiger partial charge in [0.05, 0.1) is 33.9 Å². The van der Waals surface area contributed by atoms with Crippen LogP contribution in [0.3, 0.4) is 0 Å². The molecule has 6 rings (SSSR count). The third-order valence-corrected chi connectivity index (χ3v) is 7.08. The second-order valence-corrected chi connectivity index (χ2v) is 9.27. The molecule has 4 aromatic rings. The van der Waals surface area contributed by atoms with Crippen LogP contribution in [-0.4, -0.2) is 33.0 Å². The molecule has 0 aliphatic carbocycles. The number of ether oxygens (including phenoxy) is 3. The number of esters is 2. The number of fused-ring (bicyclic) bond motifs is 5. The fourth-order valence-electron chi connectivity index (χ4n) is 5.11. The zero-order valence-corrected chi connectivity index (χ0v) is 20.7. The van der Waals surface area contributed by atoms with Crippen LogP contribution in [0.2, 0.25) is 0 Å². The summed E-state index contributed by atoms with van der Waals surface area (Å²) in [5.41, 5.74) is 0.994. The quantitative estimate of drug-likeness (QED) is 0.184. The van der Waals surface area contributed by atoms with E-state index in [1.54, 1.807) is 17.6 Å². The Morgan fingerprint density at radius 2 is 1.92 bits per heavy atom. The number of aromatic nitrogens is 2. The van der Waals surface area contributed by atoms with E-state index in [9.17, 15) is 24.5 Å². The third kappa shape index (κ3) is 3.90. The lowest BCUT2D eigenvalue weighted by Gasteiger charge is -2.35. The Bertz CT molecular complexity index is 1740. The average Bonchev–Trinajstić information content (AvgIpc) is 3.30. The summed E-state index contributed by atoms with van der Waals surface area (Å²) in [6, 6.07) is 16.5. The SMILES string of the molecule is CC[C@@]1(OC(=O)COc2ccc([N+](=O)[O-])cc2)C(=O)OCc2c1cc1n(c2=O)Cc2cc3ccccc3nc2-1. The van der Waals surface area contributed by atoms with Gasteiger partial charge in [-0.25, -0.2) is 14.6 Å². The maximum absolute atomic E-state index is 13.6. The first-order valence-electron chi connectivity index (χ1n) is 12.2. The van der Waals surface area contributed by atoms with Gasteiger partial charge in [-0.1, -0.05) is 25.1 Å². The molecule has 0 amide bonds. The molecule has 39 heavy (non-hydrogen) atoms. The number of para-hydroxylation sites is 1. The highest BCUT2D eigenvalue weighted by atomic mass is 16.6. The van der Waals surface area contributed by atoms with E-state index < -0.39 is 29.1 Å². The highest BCUT2D eigenvalue weighted by molar-refractivity contribution is 5.88. The standard InChI is InChI=1S/C28H21N3O8/c1-2-28(39-24(32)15-37-19-9-7-18(8-10-19)31(35)36)21-12-23-25-17(11-16-5-3-4-6-22(16)29-25)13-30(23)26(33)20(21)14-38-27(28)34/h3-12H,2,13-15H2,1H3/t28-/m0/s1. The number of nitro benzene ring substituents is 1. The molecule has 2 aromatic carbocycles. The highest BCUT2D eigenvalue weighted by Gasteiger charge is 2.50. The minimum absolute atomic E-state index is 0.0169. The lowest BCUT2D eigenvalue weighted by Crippen LogP contribution is -2.48. The highest BCUT2D eigenvalue weighted by Crippen LogP contribution is 2.41. The van der Waals surface area contributed by atoms with Crippen LogP contribution in [0.5, 0.6) is 5.75 Å². The van der Waals surface area contributed by atoms with Gasteiger partial charge in [-0.3, -0.25) is 14.9 Å². The van der Waals surface area contributed by atoms with E-state index >= 15 is 0 Å². The number of non-ortho nitro benzene ring substituents is 1. The molecule has 1 atom stereocenters. The molecule has 0 unspecified atom stereocenters. The second kappa shape index (κ2) is 9.05. The van der Waals surface area contributed by atoms with Crippen LogP contribution in [0, 0.1) is 10.1 Å². The molecular formula is C28H21N3O8. The van der Waals surface area contributed by atoms with Gasteiger partial charge in [0.15, 0.2) is 6.61 Å². The van der Waals surface area contributed by atoms with Crippen LogP contribution >= 0.6 is 0 Å². The number of benzene rings is 2. The summed E-state index contributed by atoms with van der Waals surface area (Å²) in [5, 5.41) is 11.8. The Morgan fingerprint density at radius 1 is 1.15 bits per heavy atom. The van der Waals surface area contributed by atoms with E-state index in [1.165, 1.54) is 24.3 Å². The Morgan fingerprint density at radius 3 is 2.67 bits per heavy atom. The van der Waals surface area contributed by atoms with Crippen molar-refractivity contribution in [2.75, 3.05) is 6.61 Å². The molecular weight excluding hydrogens is 506 g/mol. The van der Waals surface area contributed by atoms with E-state index in [1.807, 2.05) is 30.3 Å². The summed E-state index contributed by atoms with van der Waals surface area (Å²) >= 11 is 0. The van der Waals surface area contributed by atoms with Crippen LogP contribution in [0.15, 0.2) is 65.5 Å². The Balaban J connectivity index is 1.35. The van der Waals surface area contributed by atoms with E-state index in [2.05, 4.69) is 0 Å². The fraction of sp³-hybridized carbons (Fsp3) is 0.214. The number of nitrogens with zero attached hydrogens (tertiary/aromatic N) is 3. The van der Waals surface area contributed by atoms with Gasteiger partial charge in [0, 0.05) is 28.6 Å². The lowest BCUT2D eigenvalue weighted by atomic mass is 9.85. The zero-order valence-electron chi connectivity index (χ0n) is 20.7. The number of hydrogen-bond acceptors (Lipinski definition) is 9. The average molecular weight is 527 g/mol. The molecule has 0 saturated carbocycles. The lowest BCUT2D eigenvalue weighted by molar-refractivity contribution is -0.384. The van der Waals surface area contributed by atoms with Crippen LogP contribution < -0.4 is 10.3 Å². The van der Waals surface area contributed by atoms with E-state index in [0.29, 0.717) is 17.9 Å². The van der Waals surface area contributed by atoms with Crippen molar-refractivity contribution >= 4 is 28.5 Å². The first-order valence-corrected chi connectivity index (χ1v) is 12.2. The smallest absolute Gasteiger partial charge is 0.355 e. The first-order chi connectivity index (χ1) is 18.8. The molecule has 0 bridgehead atoms. The summed E-state index contributed by atoms with van der Waals surface area (Å²) in [4.78, 5) is 54.7. The number of carbonyl (C=O) groups excluding carboxylic acids is 2. The van der Waals surface area contributed by atoms with Gasteiger partial charge in [0.25, 0.3) is 11.2 Å². The van der Waals surface area contributed by atoms with Crippen molar-refractivity contribution in [1.82, 2.24) is 9.55 Å². The van der Waals surface area contributed by atoms with Crippen molar-refractivity contribution in [2.45, 2.75) is 32.1 Å². The summed E-state index contributed by atoms with van der Waals surface area (Å²) in [6.07, 6.45) is 0.0169. The van der Waals surface area contributed by atoms with Crippen molar-refractivity contribution in [2.24, 2.45) is 0 Å². The molecule has 0 spiro atoms. The van der Waals surface area contributed by atoms with Crippen LogP contribution in [0.1, 0.15) is 30.0 Å². The largest absolute Gasteiger partial charge is 0.482 e. The van der Waals surface area contributed by atoms with E-state index in [0.717, 1.165) is 16.5 Å². The molecule has 2 aromatic heterocycles. The second-order valence-electron chi connectivity index (χ2n) is 9.27. The Hall–Kier alpha value is -5.06. The van der Waals surface area contributed by atoms with Crippen molar-refractivity contribution in [3.05, 3.63) is 97.8 Å². The predicted molar refractivity (Wildman–Crippen MR) is 137 cm³/mol. The van der Waals surface area contributed by atoms with Gasteiger partial charge in [-0.2, -0.15) is 0 Å². The van der Waals surface area contributed by atoms with Crippen molar-refractivity contribution in [3.63, 3.8) is 0 Å². The molecule has 2 aliphatic heterocycles. The number of cyclic esters (lactones) is 1. The van der Waals surface area contributed by atoms with Gasteiger partial charge in [0.1, 0.15) is 12.4 Å². The van der Waals surface area contributed by atoms with E-state index in [4.69, 9.17) is 19.2 Å². The van der Waals surface area contributed by atoms with Gasteiger partial charge in [-0.05, 0) is 36.8 Å². The Labute approximate surface area is 220 Å². The minimum atomic E-state index is -1.85. The van der Waals surface area contributed by atoms with Crippen molar-refractivity contribution in [3.8, 4) is 17.1 Å². The zero-order chi connectivity index (χ0) is 27.3. The van der Waals surface area contributed by atoms with Crippen LogP contribution in [-0.2, 0) is 37.8 Å². The Kier molecular flexibility index (Phi) is 5.63. The third-order valence-electron chi connectivity index (χ3n) is 7.08. The monoisotopic (exact) mass is 527 g/mol. The molecule has 11 heteroatoms.